The number of nitrogens with zero attached hydrogens (tertiary/aromatic N) is 3. The van der Waals surface area contributed by atoms with Crippen molar-refractivity contribution >= 4 is 0 Å². The SMILES string of the molecule is N#Cc1cccc(Cn2cccc2C#N)c1. The Morgan fingerprint density at radius 1 is 1.06 bits per heavy atom. The molecule has 0 atom stereocenters. The van der Waals surface area contributed by atoms with Crippen LogP contribution in [0.25, 0.3) is 0 Å². The van der Waals surface area contributed by atoms with Gasteiger partial charge in [0.1, 0.15) is 11.8 Å². The first kappa shape index (κ1) is 10.0. The van der Waals surface area contributed by atoms with Crippen LogP contribution in [0.3, 0.4) is 0 Å². The van der Waals surface area contributed by atoms with Crippen LogP contribution < -0.4 is 0 Å². The first-order valence-corrected chi connectivity index (χ1v) is 4.88. The third-order valence-electron chi connectivity index (χ3n) is 2.35. The lowest BCUT2D eigenvalue weighted by atomic mass is 10.1. The number of benzene rings is 1. The molecule has 0 saturated carbocycles. The number of rotatable bonds is 2. The minimum absolute atomic E-state index is 0.616. The lowest BCUT2D eigenvalue weighted by molar-refractivity contribution is 0.793. The van der Waals surface area contributed by atoms with E-state index in [1.165, 1.54) is 0 Å². The van der Waals surface area contributed by atoms with E-state index in [0.29, 0.717) is 17.8 Å². The fraction of sp³-hybridized carbons (Fsp3) is 0.0769. The molecule has 0 aliphatic carbocycles. The summed E-state index contributed by atoms with van der Waals surface area (Å²) in [6, 6.07) is 15.2. The molecule has 1 aromatic carbocycles. The molecular weight excluding hydrogens is 198 g/mol. The summed E-state index contributed by atoms with van der Waals surface area (Å²) in [5.74, 6) is 0. The Kier molecular flexibility index (Phi) is 2.71. The van der Waals surface area contributed by atoms with Gasteiger partial charge in [0, 0.05) is 12.7 Å². The lowest BCUT2D eigenvalue weighted by Gasteiger charge is -2.04. The van der Waals surface area contributed by atoms with Gasteiger partial charge < -0.3 is 4.57 Å². The molecule has 0 unspecified atom stereocenters. The third-order valence-corrected chi connectivity index (χ3v) is 2.35. The van der Waals surface area contributed by atoms with Gasteiger partial charge in [0.05, 0.1) is 11.6 Å². The molecule has 0 bridgehead atoms. The molecule has 2 aromatic rings. The molecule has 0 saturated heterocycles. The second kappa shape index (κ2) is 4.33. The highest BCUT2D eigenvalue weighted by molar-refractivity contribution is 5.33. The first-order valence-electron chi connectivity index (χ1n) is 4.88. The number of hydrogen-bond acceptors (Lipinski definition) is 2. The number of hydrogen-bond donors (Lipinski definition) is 0. The van der Waals surface area contributed by atoms with E-state index in [4.69, 9.17) is 10.5 Å². The highest BCUT2D eigenvalue weighted by atomic mass is 15.0. The van der Waals surface area contributed by atoms with Gasteiger partial charge in [0.15, 0.2) is 0 Å². The average Bonchev–Trinajstić information content (AvgIpc) is 2.76. The second-order valence-electron chi connectivity index (χ2n) is 3.45. The number of aromatic nitrogens is 1. The quantitative estimate of drug-likeness (QED) is 0.758. The van der Waals surface area contributed by atoms with Crippen molar-refractivity contribution in [2.75, 3.05) is 0 Å². The Hall–Kier alpha value is -2.52. The summed E-state index contributed by atoms with van der Waals surface area (Å²) < 4.78 is 1.86. The van der Waals surface area contributed by atoms with Crippen LogP contribution in [0.15, 0.2) is 42.6 Å². The predicted octanol–water partition coefficient (Wildman–Crippen LogP) is 2.28. The zero-order valence-corrected chi connectivity index (χ0v) is 8.59. The van der Waals surface area contributed by atoms with Crippen molar-refractivity contribution in [2.45, 2.75) is 6.54 Å². The van der Waals surface area contributed by atoms with Crippen molar-refractivity contribution in [1.82, 2.24) is 4.57 Å². The van der Waals surface area contributed by atoms with Gasteiger partial charge in [0.2, 0.25) is 0 Å². The van der Waals surface area contributed by atoms with Crippen LogP contribution in [0, 0.1) is 22.7 Å². The molecule has 3 heteroatoms. The Bertz CT molecular complexity index is 582. The highest BCUT2D eigenvalue weighted by Gasteiger charge is 2.01. The molecule has 0 radical (unpaired) electrons. The van der Waals surface area contributed by atoms with Gasteiger partial charge in [-0.25, -0.2) is 0 Å². The van der Waals surface area contributed by atoms with E-state index in [1.807, 2.05) is 35.0 Å². The summed E-state index contributed by atoms with van der Waals surface area (Å²) in [4.78, 5) is 0. The molecule has 0 aliphatic rings. The zero-order chi connectivity index (χ0) is 11.4. The van der Waals surface area contributed by atoms with Crippen LogP contribution in [0.4, 0.5) is 0 Å². The van der Waals surface area contributed by atoms with Crippen molar-refractivity contribution in [2.24, 2.45) is 0 Å². The van der Waals surface area contributed by atoms with Crippen molar-refractivity contribution in [3.63, 3.8) is 0 Å². The molecule has 0 amide bonds. The molecule has 1 heterocycles. The predicted molar refractivity (Wildman–Crippen MR) is 59.4 cm³/mol. The summed E-state index contributed by atoms with van der Waals surface area (Å²) >= 11 is 0. The van der Waals surface area contributed by atoms with Crippen LogP contribution in [0.2, 0.25) is 0 Å². The summed E-state index contributed by atoms with van der Waals surface area (Å²) in [5, 5.41) is 17.6. The Labute approximate surface area is 93.8 Å². The molecule has 76 valence electrons. The standard InChI is InChI=1S/C13H9N3/c14-8-11-3-1-4-12(7-11)10-16-6-2-5-13(16)9-15/h1-7H,10H2. The molecule has 0 fully saturated rings. The van der Waals surface area contributed by atoms with E-state index < -0.39 is 0 Å². The zero-order valence-electron chi connectivity index (χ0n) is 8.59. The Morgan fingerprint density at radius 3 is 2.69 bits per heavy atom. The normalized spacial score (nSPS) is 9.38. The summed E-state index contributed by atoms with van der Waals surface area (Å²) in [6.07, 6.45) is 1.86. The molecule has 0 aliphatic heterocycles. The molecular formula is C13H9N3. The Balaban J connectivity index is 2.28. The minimum Gasteiger partial charge on any atom is -0.335 e. The van der Waals surface area contributed by atoms with Crippen molar-refractivity contribution in [1.29, 1.82) is 10.5 Å². The van der Waals surface area contributed by atoms with Gasteiger partial charge >= 0.3 is 0 Å². The third kappa shape index (κ3) is 1.94. The molecule has 16 heavy (non-hydrogen) atoms. The van der Waals surface area contributed by atoms with Gasteiger partial charge in [0.25, 0.3) is 0 Å². The highest BCUT2D eigenvalue weighted by Crippen LogP contribution is 2.09. The van der Waals surface area contributed by atoms with E-state index in [0.717, 1.165) is 5.56 Å². The van der Waals surface area contributed by atoms with Gasteiger partial charge in [-0.2, -0.15) is 10.5 Å². The molecule has 1 aromatic heterocycles. The van der Waals surface area contributed by atoms with Crippen molar-refractivity contribution < 1.29 is 0 Å². The first-order chi connectivity index (χ1) is 7.83. The lowest BCUT2D eigenvalue weighted by Crippen LogP contribution is -2.00. The maximum absolute atomic E-state index is 8.86. The van der Waals surface area contributed by atoms with E-state index in [1.54, 1.807) is 12.1 Å². The van der Waals surface area contributed by atoms with Gasteiger partial charge in [-0.05, 0) is 29.8 Å². The fourth-order valence-corrected chi connectivity index (χ4v) is 1.59. The molecule has 3 nitrogen and oxygen atoms in total. The largest absolute Gasteiger partial charge is 0.335 e. The van der Waals surface area contributed by atoms with Crippen molar-refractivity contribution in [3.05, 3.63) is 59.4 Å². The molecule has 0 spiro atoms. The average molecular weight is 207 g/mol. The fourth-order valence-electron chi connectivity index (χ4n) is 1.59. The van der Waals surface area contributed by atoms with Crippen LogP contribution in [-0.4, -0.2) is 4.57 Å². The van der Waals surface area contributed by atoms with Crippen LogP contribution >= 0.6 is 0 Å². The van der Waals surface area contributed by atoms with Gasteiger partial charge in [-0.1, -0.05) is 12.1 Å². The van der Waals surface area contributed by atoms with Gasteiger partial charge in [-0.15, -0.1) is 0 Å². The Morgan fingerprint density at radius 2 is 1.94 bits per heavy atom. The van der Waals surface area contributed by atoms with Gasteiger partial charge in [-0.3, -0.25) is 0 Å². The summed E-state index contributed by atoms with van der Waals surface area (Å²) in [7, 11) is 0. The van der Waals surface area contributed by atoms with Crippen LogP contribution in [0.5, 0.6) is 0 Å². The van der Waals surface area contributed by atoms with Crippen LogP contribution in [-0.2, 0) is 6.54 Å². The molecule has 2 rings (SSSR count). The monoisotopic (exact) mass is 207 g/mol. The summed E-state index contributed by atoms with van der Waals surface area (Å²) in [5.41, 5.74) is 2.29. The van der Waals surface area contributed by atoms with E-state index >= 15 is 0 Å². The van der Waals surface area contributed by atoms with E-state index in [-0.39, 0.29) is 0 Å². The smallest absolute Gasteiger partial charge is 0.120 e. The molecule has 0 N–H and O–H groups in total. The maximum atomic E-state index is 8.86. The summed E-state index contributed by atoms with van der Waals surface area (Å²) in [6.45, 7) is 0.616. The van der Waals surface area contributed by atoms with E-state index in [2.05, 4.69) is 12.1 Å². The maximum Gasteiger partial charge on any atom is 0.120 e. The van der Waals surface area contributed by atoms with Crippen LogP contribution in [0.1, 0.15) is 16.8 Å². The minimum atomic E-state index is 0.616. The van der Waals surface area contributed by atoms with Crippen molar-refractivity contribution in [3.8, 4) is 12.1 Å². The topological polar surface area (TPSA) is 52.5 Å². The second-order valence-corrected chi connectivity index (χ2v) is 3.45. The van der Waals surface area contributed by atoms with E-state index in [9.17, 15) is 0 Å². The number of nitriles is 2.